The Morgan fingerprint density at radius 1 is 1.27 bits per heavy atom. The lowest BCUT2D eigenvalue weighted by Crippen LogP contribution is -2.39. The molecule has 2 aromatic heterocycles. The fraction of sp³-hybridized carbons (Fsp3) is 0.684. The first-order valence-electron chi connectivity index (χ1n) is 9.23. The van der Waals surface area contributed by atoms with Crippen LogP contribution in [0.25, 0.3) is 10.2 Å². The predicted octanol–water partition coefficient (Wildman–Crippen LogP) is 3.10. The number of nitrogens with one attached hydrogen (secondary N) is 1. The molecule has 0 fully saturated rings. The van der Waals surface area contributed by atoms with Gasteiger partial charge in [0, 0.05) is 17.5 Å². The van der Waals surface area contributed by atoms with E-state index in [4.69, 9.17) is 4.74 Å². The van der Waals surface area contributed by atoms with Gasteiger partial charge in [0.15, 0.2) is 0 Å². The number of thiophene rings is 1. The minimum Gasteiger partial charge on any atom is -0.389 e. The van der Waals surface area contributed by atoms with Crippen molar-refractivity contribution in [3.05, 3.63) is 27.1 Å². The highest BCUT2D eigenvalue weighted by Gasteiger charge is 2.18. The molecular weight excluding hydrogens is 350 g/mol. The maximum absolute atomic E-state index is 12.4. The lowest BCUT2D eigenvalue weighted by Gasteiger charge is -2.28. The van der Waals surface area contributed by atoms with Crippen LogP contribution in [0.3, 0.4) is 0 Å². The third-order valence-electron chi connectivity index (χ3n) is 4.19. The number of aromatic nitrogens is 2. The number of hydrogen-bond acceptors (Lipinski definition) is 6. The fourth-order valence-corrected chi connectivity index (χ4v) is 3.68. The number of aromatic amines is 1. The summed E-state index contributed by atoms with van der Waals surface area (Å²) < 4.78 is 5.49. The van der Waals surface area contributed by atoms with Crippen molar-refractivity contribution >= 4 is 21.6 Å². The number of ether oxygens (including phenoxy) is 1. The summed E-state index contributed by atoms with van der Waals surface area (Å²) in [4.78, 5) is 24.0. The molecule has 0 amide bonds. The molecule has 2 aromatic rings. The topological polar surface area (TPSA) is 78.5 Å². The van der Waals surface area contributed by atoms with Crippen molar-refractivity contribution in [3.63, 3.8) is 0 Å². The van der Waals surface area contributed by atoms with Crippen LogP contribution in [0.15, 0.2) is 10.9 Å². The Kier molecular flexibility index (Phi) is 7.34. The van der Waals surface area contributed by atoms with E-state index in [0.29, 0.717) is 36.8 Å². The van der Waals surface area contributed by atoms with Crippen molar-refractivity contribution in [1.82, 2.24) is 14.9 Å². The van der Waals surface area contributed by atoms with Crippen molar-refractivity contribution in [1.29, 1.82) is 0 Å². The van der Waals surface area contributed by atoms with Gasteiger partial charge in [-0.15, -0.1) is 11.3 Å². The Labute approximate surface area is 159 Å². The molecule has 0 bridgehead atoms. The van der Waals surface area contributed by atoms with E-state index in [2.05, 4.69) is 42.6 Å². The highest BCUT2D eigenvalue weighted by Crippen LogP contribution is 2.27. The Bertz CT molecular complexity index is 767. The number of nitrogens with zero attached hydrogens (tertiary/aromatic N) is 2. The molecule has 6 nitrogen and oxygen atoms in total. The SMILES string of the molecule is CC(C)OCC(O)CN(Cc1nc2sc(C(C)C)cc2c(=O)[nH]1)C(C)C. The molecule has 2 rings (SSSR count). The minimum atomic E-state index is -0.579. The largest absolute Gasteiger partial charge is 0.389 e. The molecule has 7 heteroatoms. The van der Waals surface area contributed by atoms with E-state index in [1.54, 1.807) is 11.3 Å². The summed E-state index contributed by atoms with van der Waals surface area (Å²) in [6.45, 7) is 13.5. The molecule has 2 N–H and O–H groups in total. The second-order valence-corrected chi connectivity index (χ2v) is 8.66. The maximum atomic E-state index is 12.4. The van der Waals surface area contributed by atoms with Crippen LogP contribution in [-0.4, -0.2) is 51.4 Å². The van der Waals surface area contributed by atoms with Crippen LogP contribution in [-0.2, 0) is 11.3 Å². The third-order valence-corrected chi connectivity index (χ3v) is 5.52. The van der Waals surface area contributed by atoms with E-state index in [0.717, 1.165) is 9.71 Å². The van der Waals surface area contributed by atoms with Gasteiger partial charge >= 0.3 is 0 Å². The lowest BCUT2D eigenvalue weighted by atomic mass is 10.2. The van der Waals surface area contributed by atoms with Crippen LogP contribution >= 0.6 is 11.3 Å². The third kappa shape index (κ3) is 5.61. The van der Waals surface area contributed by atoms with Gasteiger partial charge in [0.05, 0.1) is 30.7 Å². The molecule has 0 radical (unpaired) electrons. The molecule has 0 aliphatic carbocycles. The van der Waals surface area contributed by atoms with E-state index in [1.165, 1.54) is 0 Å². The number of aliphatic hydroxyl groups is 1. The summed E-state index contributed by atoms with van der Waals surface area (Å²) in [6, 6.07) is 2.15. The first-order chi connectivity index (χ1) is 12.2. The number of aliphatic hydroxyl groups excluding tert-OH is 1. The lowest BCUT2D eigenvalue weighted by molar-refractivity contribution is -0.0140. The van der Waals surface area contributed by atoms with Crippen LogP contribution in [0.5, 0.6) is 0 Å². The summed E-state index contributed by atoms with van der Waals surface area (Å²) in [6.07, 6.45) is -0.490. The van der Waals surface area contributed by atoms with Gasteiger partial charge in [0.2, 0.25) is 0 Å². The van der Waals surface area contributed by atoms with Crippen molar-refractivity contribution < 1.29 is 9.84 Å². The second-order valence-electron chi connectivity index (χ2n) is 7.59. The number of H-pyrrole nitrogens is 1. The molecule has 0 aromatic carbocycles. The zero-order valence-electron chi connectivity index (χ0n) is 16.6. The standard InChI is InChI=1S/C19H31N3O3S/c1-11(2)16-7-15-18(24)20-17(21-19(15)26-16)9-22(12(3)4)8-14(23)10-25-13(5)6/h7,11-14,23H,8-10H2,1-6H3,(H,20,21,24). The molecule has 0 aliphatic rings. The molecule has 26 heavy (non-hydrogen) atoms. The van der Waals surface area contributed by atoms with Crippen LogP contribution in [0.1, 0.15) is 58.2 Å². The Balaban J connectivity index is 2.16. The van der Waals surface area contributed by atoms with Crippen LogP contribution in [0.4, 0.5) is 0 Å². The number of rotatable bonds is 9. The first-order valence-corrected chi connectivity index (χ1v) is 10.0. The van der Waals surface area contributed by atoms with Gasteiger partial charge in [-0.05, 0) is 39.7 Å². The summed E-state index contributed by atoms with van der Waals surface area (Å²) in [5.74, 6) is 1.01. The van der Waals surface area contributed by atoms with Gasteiger partial charge in [-0.1, -0.05) is 13.8 Å². The average molecular weight is 382 g/mol. The fourth-order valence-electron chi connectivity index (χ4n) is 2.63. The summed E-state index contributed by atoms with van der Waals surface area (Å²) >= 11 is 1.58. The highest BCUT2D eigenvalue weighted by atomic mass is 32.1. The van der Waals surface area contributed by atoms with Gasteiger partial charge in [-0.25, -0.2) is 4.98 Å². The molecule has 1 unspecified atom stereocenters. The van der Waals surface area contributed by atoms with Crippen molar-refractivity contribution in [2.75, 3.05) is 13.2 Å². The van der Waals surface area contributed by atoms with Crippen LogP contribution < -0.4 is 5.56 Å². The van der Waals surface area contributed by atoms with Gasteiger partial charge in [0.1, 0.15) is 10.7 Å². The summed E-state index contributed by atoms with van der Waals surface area (Å²) in [5, 5.41) is 10.9. The maximum Gasteiger partial charge on any atom is 0.259 e. The van der Waals surface area contributed by atoms with E-state index in [-0.39, 0.29) is 17.7 Å². The molecule has 2 heterocycles. The molecule has 1 atom stereocenters. The van der Waals surface area contributed by atoms with Crippen LogP contribution in [0, 0.1) is 0 Å². The minimum absolute atomic E-state index is 0.0894. The predicted molar refractivity (Wildman–Crippen MR) is 107 cm³/mol. The van der Waals surface area contributed by atoms with Gasteiger partial charge in [-0.2, -0.15) is 0 Å². The molecule has 146 valence electrons. The van der Waals surface area contributed by atoms with Crippen molar-refractivity contribution in [3.8, 4) is 0 Å². The molecule has 0 saturated heterocycles. The van der Waals surface area contributed by atoms with Gasteiger partial charge in [-0.3, -0.25) is 9.69 Å². The molecule has 0 saturated carbocycles. The molecular formula is C19H31N3O3S. The number of hydrogen-bond donors (Lipinski definition) is 2. The smallest absolute Gasteiger partial charge is 0.259 e. The average Bonchev–Trinajstić information content (AvgIpc) is 2.97. The van der Waals surface area contributed by atoms with Crippen molar-refractivity contribution in [2.45, 2.75) is 72.3 Å². The monoisotopic (exact) mass is 381 g/mol. The van der Waals surface area contributed by atoms with E-state index in [9.17, 15) is 9.90 Å². The van der Waals surface area contributed by atoms with E-state index in [1.807, 2.05) is 19.9 Å². The summed E-state index contributed by atoms with van der Waals surface area (Å²) in [5.41, 5.74) is -0.0967. The zero-order valence-corrected chi connectivity index (χ0v) is 17.4. The van der Waals surface area contributed by atoms with E-state index < -0.39 is 6.10 Å². The number of fused-ring (bicyclic) bond motifs is 1. The zero-order chi connectivity index (χ0) is 19.4. The van der Waals surface area contributed by atoms with Gasteiger partial charge in [0.25, 0.3) is 5.56 Å². The summed E-state index contributed by atoms with van der Waals surface area (Å²) in [7, 11) is 0. The Morgan fingerprint density at radius 3 is 2.54 bits per heavy atom. The van der Waals surface area contributed by atoms with E-state index >= 15 is 0 Å². The highest BCUT2D eigenvalue weighted by molar-refractivity contribution is 7.18. The molecule has 0 aliphatic heterocycles. The van der Waals surface area contributed by atoms with Crippen molar-refractivity contribution in [2.24, 2.45) is 0 Å². The Hall–Kier alpha value is -1.28. The second kappa shape index (κ2) is 9.08. The van der Waals surface area contributed by atoms with Crippen LogP contribution in [0.2, 0.25) is 0 Å². The van der Waals surface area contributed by atoms with Gasteiger partial charge < -0.3 is 14.8 Å². The quantitative estimate of drug-likeness (QED) is 0.698. The first kappa shape index (κ1) is 21.0. The Morgan fingerprint density at radius 2 is 1.96 bits per heavy atom. The molecule has 0 spiro atoms. The normalized spacial score (nSPS) is 13.7.